The summed E-state index contributed by atoms with van der Waals surface area (Å²) in [6, 6.07) is 11.0. The molecule has 0 bridgehead atoms. The maximum atomic E-state index is 3.65. The van der Waals surface area contributed by atoms with Gasteiger partial charge in [-0.3, -0.25) is 0 Å². The van der Waals surface area contributed by atoms with Gasteiger partial charge in [-0.1, -0.05) is 37.3 Å². The highest BCUT2D eigenvalue weighted by atomic mass is 15.2. The van der Waals surface area contributed by atoms with Crippen LogP contribution in [0.4, 0.5) is 0 Å². The molecule has 1 heterocycles. The quantitative estimate of drug-likeness (QED) is 0.844. The second-order valence-corrected chi connectivity index (χ2v) is 6.36. The van der Waals surface area contributed by atoms with E-state index in [2.05, 4.69) is 61.3 Å². The van der Waals surface area contributed by atoms with Crippen LogP contribution in [0, 0.1) is 0 Å². The molecule has 1 saturated heterocycles. The van der Waals surface area contributed by atoms with E-state index in [4.69, 9.17) is 0 Å². The van der Waals surface area contributed by atoms with Crippen LogP contribution in [0.3, 0.4) is 0 Å². The molecule has 2 heteroatoms. The van der Waals surface area contributed by atoms with Crippen molar-refractivity contribution in [2.24, 2.45) is 0 Å². The van der Waals surface area contributed by atoms with Crippen LogP contribution in [0.25, 0.3) is 0 Å². The van der Waals surface area contributed by atoms with Gasteiger partial charge in [0.2, 0.25) is 0 Å². The zero-order valence-electron chi connectivity index (χ0n) is 12.7. The first kappa shape index (κ1) is 14.5. The third-order valence-corrected chi connectivity index (χ3v) is 4.46. The Morgan fingerprint density at radius 3 is 2.68 bits per heavy atom. The Hall–Kier alpha value is -0.860. The summed E-state index contributed by atoms with van der Waals surface area (Å²) in [4.78, 5) is 2.59. The Morgan fingerprint density at radius 2 is 2.00 bits per heavy atom. The molecule has 1 aromatic rings. The van der Waals surface area contributed by atoms with E-state index < -0.39 is 0 Å². The highest BCUT2D eigenvalue weighted by molar-refractivity contribution is 5.20. The molecule has 2 nitrogen and oxygen atoms in total. The van der Waals surface area contributed by atoms with Crippen molar-refractivity contribution in [3.63, 3.8) is 0 Å². The summed E-state index contributed by atoms with van der Waals surface area (Å²) in [5.41, 5.74) is 1.78. The Kier molecular flexibility index (Phi) is 5.00. The second-order valence-electron chi connectivity index (χ2n) is 6.36. The molecule has 1 fully saturated rings. The number of nitrogens with zero attached hydrogens (tertiary/aromatic N) is 1. The van der Waals surface area contributed by atoms with Crippen LogP contribution >= 0.6 is 0 Å². The topological polar surface area (TPSA) is 15.3 Å². The smallest absolute Gasteiger partial charge is 0.0123 e. The zero-order chi connectivity index (χ0) is 13.7. The summed E-state index contributed by atoms with van der Waals surface area (Å²) in [7, 11) is 0. The molecule has 0 amide bonds. The Labute approximate surface area is 118 Å². The minimum atomic E-state index is 0.276. The normalized spacial score (nSPS) is 20.9. The molecule has 1 aliphatic heterocycles. The van der Waals surface area contributed by atoms with E-state index in [9.17, 15) is 0 Å². The lowest BCUT2D eigenvalue weighted by Gasteiger charge is -2.26. The van der Waals surface area contributed by atoms with E-state index in [1.54, 1.807) is 0 Å². The number of benzene rings is 1. The van der Waals surface area contributed by atoms with Crippen molar-refractivity contribution in [2.45, 2.75) is 45.1 Å². The van der Waals surface area contributed by atoms with E-state index in [-0.39, 0.29) is 5.54 Å². The van der Waals surface area contributed by atoms with Crippen molar-refractivity contribution >= 4 is 0 Å². The molecular weight excluding hydrogens is 232 g/mol. The summed E-state index contributed by atoms with van der Waals surface area (Å²) in [5.74, 6) is 0.736. The fraction of sp³-hybridized carbons (Fsp3) is 0.647. The Balaban J connectivity index is 1.74. The predicted octanol–water partition coefficient (Wildman–Crippen LogP) is 3.25. The van der Waals surface area contributed by atoms with Gasteiger partial charge in [-0.15, -0.1) is 0 Å². The summed E-state index contributed by atoms with van der Waals surface area (Å²) < 4.78 is 0. The fourth-order valence-electron chi connectivity index (χ4n) is 2.71. The molecule has 0 aliphatic carbocycles. The SMILES string of the molecule is CCC(C)(C)NCCN1CCC(c2ccccc2)C1. The van der Waals surface area contributed by atoms with Gasteiger partial charge < -0.3 is 10.2 Å². The first-order valence-corrected chi connectivity index (χ1v) is 7.63. The van der Waals surface area contributed by atoms with Crippen molar-refractivity contribution in [1.82, 2.24) is 10.2 Å². The van der Waals surface area contributed by atoms with Crippen LogP contribution < -0.4 is 5.32 Å². The second kappa shape index (κ2) is 6.53. The van der Waals surface area contributed by atoms with Crippen LogP contribution in [-0.2, 0) is 0 Å². The summed E-state index contributed by atoms with van der Waals surface area (Å²) in [6.07, 6.45) is 2.49. The molecule has 0 radical (unpaired) electrons. The first-order valence-electron chi connectivity index (χ1n) is 7.63. The molecule has 0 aromatic heterocycles. The summed E-state index contributed by atoms with van der Waals surface area (Å²) >= 11 is 0. The molecule has 1 N–H and O–H groups in total. The van der Waals surface area contributed by atoms with Gasteiger partial charge in [-0.05, 0) is 44.7 Å². The molecule has 2 rings (SSSR count). The maximum absolute atomic E-state index is 3.65. The number of likely N-dealkylation sites (tertiary alicyclic amines) is 1. The minimum Gasteiger partial charge on any atom is -0.311 e. The van der Waals surface area contributed by atoms with Crippen molar-refractivity contribution in [3.05, 3.63) is 35.9 Å². The summed E-state index contributed by atoms with van der Waals surface area (Å²) in [6.45, 7) is 11.5. The lowest BCUT2D eigenvalue weighted by molar-refractivity contribution is 0.298. The average molecular weight is 260 g/mol. The molecule has 0 spiro atoms. The van der Waals surface area contributed by atoms with Gasteiger partial charge in [-0.2, -0.15) is 0 Å². The third kappa shape index (κ3) is 4.32. The van der Waals surface area contributed by atoms with Crippen molar-refractivity contribution in [2.75, 3.05) is 26.2 Å². The van der Waals surface area contributed by atoms with E-state index in [0.29, 0.717) is 0 Å². The predicted molar refractivity (Wildman–Crippen MR) is 82.6 cm³/mol. The number of hydrogen-bond donors (Lipinski definition) is 1. The van der Waals surface area contributed by atoms with Crippen LogP contribution in [0.2, 0.25) is 0 Å². The lowest BCUT2D eigenvalue weighted by atomic mass is 9.99. The molecule has 1 atom stereocenters. The molecule has 106 valence electrons. The van der Waals surface area contributed by atoms with E-state index in [1.165, 1.54) is 38.0 Å². The number of nitrogens with one attached hydrogen (secondary N) is 1. The van der Waals surface area contributed by atoms with E-state index >= 15 is 0 Å². The molecule has 1 unspecified atom stereocenters. The van der Waals surface area contributed by atoms with E-state index in [1.807, 2.05) is 0 Å². The molecule has 0 saturated carbocycles. The molecule has 1 aromatic carbocycles. The van der Waals surface area contributed by atoms with Crippen LogP contribution in [-0.4, -0.2) is 36.6 Å². The summed E-state index contributed by atoms with van der Waals surface area (Å²) in [5, 5.41) is 3.65. The van der Waals surface area contributed by atoms with Crippen LogP contribution in [0.15, 0.2) is 30.3 Å². The number of hydrogen-bond acceptors (Lipinski definition) is 2. The Bertz CT molecular complexity index is 372. The lowest BCUT2D eigenvalue weighted by Crippen LogP contribution is -2.42. The van der Waals surface area contributed by atoms with Crippen molar-refractivity contribution in [3.8, 4) is 0 Å². The largest absolute Gasteiger partial charge is 0.311 e. The highest BCUT2D eigenvalue weighted by Crippen LogP contribution is 2.26. The van der Waals surface area contributed by atoms with Gasteiger partial charge in [0.05, 0.1) is 0 Å². The molecular formula is C17H28N2. The zero-order valence-corrected chi connectivity index (χ0v) is 12.7. The van der Waals surface area contributed by atoms with Crippen molar-refractivity contribution in [1.29, 1.82) is 0 Å². The van der Waals surface area contributed by atoms with Gasteiger partial charge >= 0.3 is 0 Å². The molecule has 19 heavy (non-hydrogen) atoms. The van der Waals surface area contributed by atoms with Crippen molar-refractivity contribution < 1.29 is 0 Å². The van der Waals surface area contributed by atoms with Gasteiger partial charge in [0.1, 0.15) is 0 Å². The molecule has 1 aliphatic rings. The van der Waals surface area contributed by atoms with Gasteiger partial charge in [0, 0.05) is 25.2 Å². The third-order valence-electron chi connectivity index (χ3n) is 4.46. The van der Waals surface area contributed by atoms with Gasteiger partial charge in [0.15, 0.2) is 0 Å². The standard InChI is InChI=1S/C17H28N2/c1-4-17(2,3)18-11-13-19-12-10-16(14-19)15-8-6-5-7-9-15/h5-9,16,18H,4,10-14H2,1-3H3. The number of rotatable bonds is 6. The first-order chi connectivity index (χ1) is 9.11. The highest BCUT2D eigenvalue weighted by Gasteiger charge is 2.23. The average Bonchev–Trinajstić information content (AvgIpc) is 2.88. The van der Waals surface area contributed by atoms with E-state index in [0.717, 1.165) is 12.5 Å². The Morgan fingerprint density at radius 1 is 1.26 bits per heavy atom. The monoisotopic (exact) mass is 260 g/mol. The van der Waals surface area contributed by atoms with Crippen LogP contribution in [0.1, 0.15) is 45.1 Å². The van der Waals surface area contributed by atoms with Gasteiger partial charge in [-0.25, -0.2) is 0 Å². The fourth-order valence-corrected chi connectivity index (χ4v) is 2.71. The van der Waals surface area contributed by atoms with Crippen LogP contribution in [0.5, 0.6) is 0 Å². The minimum absolute atomic E-state index is 0.276. The maximum Gasteiger partial charge on any atom is 0.0123 e. The van der Waals surface area contributed by atoms with Gasteiger partial charge in [0.25, 0.3) is 0 Å².